The predicted octanol–water partition coefficient (Wildman–Crippen LogP) is 0.953. The van der Waals surface area contributed by atoms with E-state index in [0.717, 1.165) is 10.7 Å². The van der Waals surface area contributed by atoms with E-state index < -0.39 is 5.91 Å². The number of rotatable bonds is 4. The molecule has 3 N–H and O–H groups in total. The van der Waals surface area contributed by atoms with Crippen molar-refractivity contribution in [1.82, 2.24) is 15.2 Å². The van der Waals surface area contributed by atoms with Crippen molar-refractivity contribution in [2.75, 3.05) is 5.32 Å². The van der Waals surface area contributed by atoms with Crippen molar-refractivity contribution in [1.29, 1.82) is 0 Å². The van der Waals surface area contributed by atoms with Crippen molar-refractivity contribution in [2.45, 2.75) is 13.5 Å². The number of aryl methyl sites for hydroxylation is 1. The summed E-state index contributed by atoms with van der Waals surface area (Å²) >= 11 is 1.60. The zero-order valence-corrected chi connectivity index (χ0v) is 9.99. The number of nitrogens with one attached hydrogen (secondary N) is 1. The fourth-order valence-corrected chi connectivity index (χ4v) is 1.84. The van der Waals surface area contributed by atoms with Gasteiger partial charge >= 0.3 is 0 Å². The highest BCUT2D eigenvalue weighted by Crippen LogP contribution is 2.09. The molecule has 0 aliphatic rings. The van der Waals surface area contributed by atoms with Crippen LogP contribution in [0, 0.1) is 6.92 Å². The molecule has 17 heavy (non-hydrogen) atoms. The number of hydrogen-bond acceptors (Lipinski definition) is 6. The Hall–Kier alpha value is -2.02. The molecule has 0 saturated carbocycles. The SMILES string of the molecule is Cc1nc(CNc2ccc(C(N)=O)nn2)cs1. The van der Waals surface area contributed by atoms with Crippen LogP contribution >= 0.6 is 11.3 Å². The lowest BCUT2D eigenvalue weighted by molar-refractivity contribution is 0.0994. The monoisotopic (exact) mass is 249 g/mol. The molecule has 0 aliphatic carbocycles. The van der Waals surface area contributed by atoms with Crippen molar-refractivity contribution in [3.05, 3.63) is 33.9 Å². The number of nitrogens with two attached hydrogens (primary N) is 1. The maximum absolute atomic E-state index is 10.8. The van der Waals surface area contributed by atoms with E-state index in [1.54, 1.807) is 17.4 Å². The van der Waals surface area contributed by atoms with Gasteiger partial charge < -0.3 is 11.1 Å². The molecule has 0 saturated heterocycles. The molecule has 0 aliphatic heterocycles. The summed E-state index contributed by atoms with van der Waals surface area (Å²) in [5.74, 6) is -0.000158. The molecule has 2 rings (SSSR count). The summed E-state index contributed by atoms with van der Waals surface area (Å²) in [7, 11) is 0. The van der Waals surface area contributed by atoms with E-state index in [1.165, 1.54) is 6.07 Å². The largest absolute Gasteiger partial charge is 0.364 e. The highest BCUT2D eigenvalue weighted by Gasteiger charge is 2.03. The minimum absolute atomic E-state index is 0.153. The molecule has 0 fully saturated rings. The Morgan fingerprint density at radius 1 is 1.47 bits per heavy atom. The average Bonchev–Trinajstić information content (AvgIpc) is 2.73. The minimum Gasteiger partial charge on any atom is -0.364 e. The van der Waals surface area contributed by atoms with Gasteiger partial charge in [0, 0.05) is 5.38 Å². The number of amides is 1. The molecule has 2 aromatic heterocycles. The number of carbonyl (C=O) groups excluding carboxylic acids is 1. The Morgan fingerprint density at radius 3 is 2.82 bits per heavy atom. The lowest BCUT2D eigenvalue weighted by Gasteiger charge is -2.02. The molecule has 0 bridgehead atoms. The second-order valence-electron chi connectivity index (χ2n) is 3.38. The summed E-state index contributed by atoms with van der Waals surface area (Å²) in [5, 5.41) is 13.6. The van der Waals surface area contributed by atoms with E-state index in [4.69, 9.17) is 5.73 Å². The molecule has 2 heterocycles. The van der Waals surface area contributed by atoms with Crippen LogP contribution in [0.15, 0.2) is 17.5 Å². The van der Waals surface area contributed by atoms with E-state index in [-0.39, 0.29) is 5.69 Å². The molecular formula is C10H11N5OS. The topological polar surface area (TPSA) is 93.8 Å². The van der Waals surface area contributed by atoms with E-state index in [1.807, 2.05) is 12.3 Å². The Labute approximate surface area is 102 Å². The van der Waals surface area contributed by atoms with Gasteiger partial charge in [-0.2, -0.15) is 0 Å². The molecule has 0 atom stereocenters. The van der Waals surface area contributed by atoms with Gasteiger partial charge in [-0.3, -0.25) is 4.79 Å². The van der Waals surface area contributed by atoms with Crippen molar-refractivity contribution >= 4 is 23.1 Å². The van der Waals surface area contributed by atoms with E-state index in [2.05, 4.69) is 20.5 Å². The van der Waals surface area contributed by atoms with Crippen LogP contribution in [0.2, 0.25) is 0 Å². The number of nitrogens with zero attached hydrogens (tertiary/aromatic N) is 3. The second kappa shape index (κ2) is 4.88. The predicted molar refractivity (Wildman–Crippen MR) is 64.7 cm³/mol. The van der Waals surface area contributed by atoms with Gasteiger partial charge in [0.1, 0.15) is 5.82 Å². The molecule has 6 nitrogen and oxygen atoms in total. The fourth-order valence-electron chi connectivity index (χ4n) is 1.23. The Bertz CT molecular complexity index is 522. The van der Waals surface area contributed by atoms with Gasteiger partial charge in [-0.1, -0.05) is 0 Å². The first-order valence-electron chi connectivity index (χ1n) is 4.93. The molecule has 7 heteroatoms. The zero-order chi connectivity index (χ0) is 12.3. The lowest BCUT2D eigenvalue weighted by atomic mass is 10.3. The third-order valence-corrected chi connectivity index (χ3v) is 2.86. The zero-order valence-electron chi connectivity index (χ0n) is 9.17. The summed E-state index contributed by atoms with van der Waals surface area (Å²) < 4.78 is 0. The molecular weight excluding hydrogens is 238 g/mol. The fraction of sp³-hybridized carbons (Fsp3) is 0.200. The lowest BCUT2D eigenvalue weighted by Crippen LogP contribution is -2.14. The molecule has 0 spiro atoms. The number of primary amides is 1. The van der Waals surface area contributed by atoms with Crippen molar-refractivity contribution in [3.8, 4) is 0 Å². The van der Waals surface area contributed by atoms with Crippen molar-refractivity contribution < 1.29 is 4.79 Å². The molecule has 0 aromatic carbocycles. The normalized spacial score (nSPS) is 10.2. The maximum Gasteiger partial charge on any atom is 0.269 e. The van der Waals surface area contributed by atoms with E-state index >= 15 is 0 Å². The molecule has 1 amide bonds. The van der Waals surface area contributed by atoms with Gasteiger partial charge in [0.2, 0.25) is 0 Å². The third-order valence-electron chi connectivity index (χ3n) is 2.03. The summed E-state index contributed by atoms with van der Waals surface area (Å²) in [6.07, 6.45) is 0. The van der Waals surface area contributed by atoms with Crippen molar-refractivity contribution in [3.63, 3.8) is 0 Å². The van der Waals surface area contributed by atoms with E-state index in [9.17, 15) is 4.79 Å². The number of carbonyl (C=O) groups is 1. The molecule has 0 radical (unpaired) electrons. The Balaban J connectivity index is 1.97. The summed E-state index contributed by atoms with van der Waals surface area (Å²) in [6.45, 7) is 2.53. The van der Waals surface area contributed by atoms with Crippen LogP contribution in [0.3, 0.4) is 0 Å². The quantitative estimate of drug-likeness (QED) is 0.841. The number of thiazole rings is 1. The number of aromatic nitrogens is 3. The highest BCUT2D eigenvalue weighted by atomic mass is 32.1. The van der Waals surface area contributed by atoms with Gasteiger partial charge in [-0.15, -0.1) is 21.5 Å². The summed E-state index contributed by atoms with van der Waals surface area (Å²) in [6, 6.07) is 3.19. The first-order valence-corrected chi connectivity index (χ1v) is 5.81. The van der Waals surface area contributed by atoms with Crippen LogP contribution in [0.5, 0.6) is 0 Å². The highest BCUT2D eigenvalue weighted by molar-refractivity contribution is 7.09. The Morgan fingerprint density at radius 2 is 2.29 bits per heavy atom. The summed E-state index contributed by atoms with van der Waals surface area (Å²) in [4.78, 5) is 15.1. The van der Waals surface area contributed by atoms with Crippen LogP contribution in [0.1, 0.15) is 21.2 Å². The molecule has 88 valence electrons. The van der Waals surface area contributed by atoms with Gasteiger partial charge in [0.05, 0.1) is 17.2 Å². The molecule has 0 unspecified atom stereocenters. The van der Waals surface area contributed by atoms with E-state index in [0.29, 0.717) is 12.4 Å². The Kier molecular flexibility index (Phi) is 3.29. The van der Waals surface area contributed by atoms with Gasteiger partial charge in [0.15, 0.2) is 5.69 Å². The third kappa shape index (κ3) is 2.97. The first kappa shape index (κ1) is 11.5. The first-order chi connectivity index (χ1) is 8.15. The second-order valence-corrected chi connectivity index (χ2v) is 4.44. The van der Waals surface area contributed by atoms with Gasteiger partial charge in [0.25, 0.3) is 5.91 Å². The van der Waals surface area contributed by atoms with Crippen molar-refractivity contribution in [2.24, 2.45) is 5.73 Å². The van der Waals surface area contributed by atoms with Gasteiger partial charge in [-0.25, -0.2) is 4.98 Å². The molecule has 2 aromatic rings. The van der Waals surface area contributed by atoms with Crippen LogP contribution in [-0.4, -0.2) is 21.1 Å². The van der Waals surface area contributed by atoms with Crippen LogP contribution < -0.4 is 11.1 Å². The van der Waals surface area contributed by atoms with Crippen LogP contribution in [0.25, 0.3) is 0 Å². The number of anilines is 1. The minimum atomic E-state index is -0.584. The smallest absolute Gasteiger partial charge is 0.269 e. The van der Waals surface area contributed by atoms with Crippen LogP contribution in [-0.2, 0) is 6.54 Å². The number of hydrogen-bond donors (Lipinski definition) is 2. The standard InChI is InChI=1S/C10H11N5OS/c1-6-13-7(5-17-6)4-12-9-3-2-8(10(11)16)14-15-9/h2-3,5H,4H2,1H3,(H2,11,16)(H,12,15). The maximum atomic E-state index is 10.8. The summed E-state index contributed by atoms with van der Waals surface area (Å²) in [5.41, 5.74) is 6.17. The average molecular weight is 249 g/mol. The van der Waals surface area contributed by atoms with Crippen LogP contribution in [0.4, 0.5) is 5.82 Å². The van der Waals surface area contributed by atoms with Gasteiger partial charge in [-0.05, 0) is 19.1 Å².